The number of carbonyl (C=O) groups is 1. The van der Waals surface area contributed by atoms with Crippen molar-refractivity contribution in [2.45, 2.75) is 18.9 Å². The van der Waals surface area contributed by atoms with Crippen LogP contribution in [0.1, 0.15) is 22.5 Å². The summed E-state index contributed by atoms with van der Waals surface area (Å²) in [5.41, 5.74) is 7.32. The molecule has 3 unspecified atom stereocenters. The second kappa shape index (κ2) is 7.16. The third-order valence-corrected chi connectivity index (χ3v) is 6.80. The number of rotatable bonds is 2. The first kappa shape index (κ1) is 17.9. The average molecular weight is 428 g/mol. The number of carbonyl (C=O) groups excluding carboxylic acids is 1. The SMILES string of the molecule is Cl.NC1CCC2CN(C(=O)c3ccc(-c4ccc(Br)cc4)s3)CC12. The molecule has 2 aromatic rings. The number of fused-ring (bicyclic) bond motifs is 1. The first-order valence-corrected chi connectivity index (χ1v) is 9.63. The van der Waals surface area contributed by atoms with Gasteiger partial charge in [-0.25, -0.2) is 0 Å². The van der Waals surface area contributed by atoms with Gasteiger partial charge in [-0.15, -0.1) is 23.7 Å². The predicted octanol–water partition coefficient (Wildman–Crippen LogP) is 4.41. The van der Waals surface area contributed by atoms with Crippen LogP contribution in [0.25, 0.3) is 10.4 Å². The molecule has 128 valence electrons. The first-order valence-electron chi connectivity index (χ1n) is 8.02. The lowest BCUT2D eigenvalue weighted by Gasteiger charge is -2.17. The highest BCUT2D eigenvalue weighted by Crippen LogP contribution is 2.38. The van der Waals surface area contributed by atoms with Gasteiger partial charge in [-0.2, -0.15) is 0 Å². The van der Waals surface area contributed by atoms with E-state index >= 15 is 0 Å². The van der Waals surface area contributed by atoms with Crippen LogP contribution in [0.5, 0.6) is 0 Å². The quantitative estimate of drug-likeness (QED) is 0.771. The molecule has 3 atom stereocenters. The van der Waals surface area contributed by atoms with Crippen LogP contribution in [0, 0.1) is 11.8 Å². The maximum atomic E-state index is 12.8. The van der Waals surface area contributed by atoms with Gasteiger partial charge in [-0.3, -0.25) is 4.79 Å². The molecule has 2 N–H and O–H groups in total. The van der Waals surface area contributed by atoms with Crippen molar-refractivity contribution in [2.24, 2.45) is 17.6 Å². The summed E-state index contributed by atoms with van der Waals surface area (Å²) in [6.45, 7) is 1.71. The van der Waals surface area contributed by atoms with Gasteiger partial charge < -0.3 is 10.6 Å². The lowest BCUT2D eigenvalue weighted by Crippen LogP contribution is -2.33. The third kappa shape index (κ3) is 3.27. The zero-order valence-corrected chi connectivity index (χ0v) is 16.4. The minimum absolute atomic E-state index is 0. The van der Waals surface area contributed by atoms with E-state index in [1.54, 1.807) is 11.3 Å². The number of hydrogen-bond acceptors (Lipinski definition) is 3. The molecule has 6 heteroatoms. The lowest BCUT2D eigenvalue weighted by atomic mass is 9.98. The van der Waals surface area contributed by atoms with Crippen LogP contribution < -0.4 is 5.73 Å². The molecule has 1 aromatic heterocycles. The van der Waals surface area contributed by atoms with Crippen molar-refractivity contribution in [2.75, 3.05) is 13.1 Å². The smallest absolute Gasteiger partial charge is 0.263 e. The van der Waals surface area contributed by atoms with Gasteiger partial charge in [-0.05, 0) is 54.5 Å². The number of hydrogen-bond donors (Lipinski definition) is 1. The van der Waals surface area contributed by atoms with E-state index in [0.29, 0.717) is 11.8 Å². The van der Waals surface area contributed by atoms with Crippen LogP contribution in [-0.4, -0.2) is 29.9 Å². The van der Waals surface area contributed by atoms with Crippen molar-refractivity contribution >= 4 is 45.6 Å². The number of likely N-dealkylation sites (tertiary alicyclic amines) is 1. The lowest BCUT2D eigenvalue weighted by molar-refractivity contribution is 0.0784. The van der Waals surface area contributed by atoms with Crippen molar-refractivity contribution in [3.05, 3.63) is 45.7 Å². The predicted molar refractivity (Wildman–Crippen MR) is 105 cm³/mol. The Bertz CT molecular complexity index is 733. The Morgan fingerprint density at radius 1 is 1.12 bits per heavy atom. The van der Waals surface area contributed by atoms with Gasteiger partial charge in [0.1, 0.15) is 0 Å². The fraction of sp³-hybridized carbons (Fsp3) is 0.389. The molecular formula is C18H20BrClN2OS. The standard InChI is InChI=1S/C18H19BrN2OS.ClH/c19-13-4-1-11(2-5-13)16-7-8-17(23-16)18(22)21-9-12-3-6-15(20)14(12)10-21;/h1-2,4-5,7-8,12,14-15H,3,6,9-10,20H2;1H. The Hall–Kier alpha value is -0.880. The van der Waals surface area contributed by atoms with Gasteiger partial charge in [-0.1, -0.05) is 28.1 Å². The summed E-state index contributed by atoms with van der Waals surface area (Å²) in [6, 6.07) is 12.5. The molecule has 2 aliphatic rings. The summed E-state index contributed by atoms with van der Waals surface area (Å²) >= 11 is 5.03. The Morgan fingerprint density at radius 3 is 2.58 bits per heavy atom. The van der Waals surface area contributed by atoms with Crippen molar-refractivity contribution in [3.8, 4) is 10.4 Å². The number of halogens is 2. The van der Waals surface area contributed by atoms with E-state index in [-0.39, 0.29) is 24.4 Å². The van der Waals surface area contributed by atoms with Crippen molar-refractivity contribution < 1.29 is 4.79 Å². The average Bonchev–Trinajstić information content (AvgIpc) is 3.25. The highest BCUT2D eigenvalue weighted by Gasteiger charge is 2.42. The molecule has 1 amide bonds. The van der Waals surface area contributed by atoms with Gasteiger partial charge in [0.15, 0.2) is 0 Å². The normalized spacial score (nSPS) is 25.4. The largest absolute Gasteiger partial charge is 0.337 e. The molecule has 1 aromatic carbocycles. The second-order valence-corrected chi connectivity index (χ2v) is 8.55. The van der Waals surface area contributed by atoms with Crippen molar-refractivity contribution in [1.82, 2.24) is 4.90 Å². The molecule has 1 saturated carbocycles. The Morgan fingerprint density at radius 2 is 1.88 bits per heavy atom. The molecule has 24 heavy (non-hydrogen) atoms. The third-order valence-electron chi connectivity index (χ3n) is 5.15. The van der Waals surface area contributed by atoms with E-state index in [1.165, 1.54) is 6.42 Å². The van der Waals surface area contributed by atoms with Crippen LogP contribution in [0.15, 0.2) is 40.9 Å². The van der Waals surface area contributed by atoms with Crippen LogP contribution in [0.3, 0.4) is 0 Å². The highest BCUT2D eigenvalue weighted by atomic mass is 79.9. The van der Waals surface area contributed by atoms with Crippen LogP contribution in [-0.2, 0) is 0 Å². The van der Waals surface area contributed by atoms with Crippen molar-refractivity contribution in [1.29, 1.82) is 0 Å². The Kier molecular flexibility index (Phi) is 5.35. The van der Waals surface area contributed by atoms with E-state index in [1.807, 2.05) is 29.2 Å². The highest BCUT2D eigenvalue weighted by molar-refractivity contribution is 9.10. The van der Waals surface area contributed by atoms with E-state index in [2.05, 4.69) is 28.1 Å². The number of nitrogens with zero attached hydrogens (tertiary/aromatic N) is 1. The van der Waals surface area contributed by atoms with E-state index in [0.717, 1.165) is 39.3 Å². The summed E-state index contributed by atoms with van der Waals surface area (Å²) in [5, 5.41) is 0. The maximum absolute atomic E-state index is 12.8. The van der Waals surface area contributed by atoms with Gasteiger partial charge in [0.05, 0.1) is 4.88 Å². The summed E-state index contributed by atoms with van der Waals surface area (Å²) < 4.78 is 1.06. The Labute approximate surface area is 160 Å². The van der Waals surface area contributed by atoms with Gasteiger partial charge >= 0.3 is 0 Å². The van der Waals surface area contributed by atoms with Crippen LogP contribution in [0.4, 0.5) is 0 Å². The summed E-state index contributed by atoms with van der Waals surface area (Å²) in [6.07, 6.45) is 2.29. The van der Waals surface area contributed by atoms with Crippen LogP contribution >= 0.6 is 39.7 Å². The summed E-state index contributed by atoms with van der Waals surface area (Å²) in [4.78, 5) is 16.7. The monoisotopic (exact) mass is 426 g/mol. The molecule has 2 fully saturated rings. The molecule has 0 bridgehead atoms. The molecule has 1 saturated heterocycles. The minimum Gasteiger partial charge on any atom is -0.337 e. The number of thiophene rings is 1. The fourth-order valence-corrected chi connectivity index (χ4v) is 5.10. The maximum Gasteiger partial charge on any atom is 0.263 e. The second-order valence-electron chi connectivity index (χ2n) is 6.55. The van der Waals surface area contributed by atoms with Gasteiger partial charge in [0, 0.05) is 28.5 Å². The fourth-order valence-electron chi connectivity index (χ4n) is 3.85. The first-order chi connectivity index (χ1) is 11.1. The summed E-state index contributed by atoms with van der Waals surface area (Å²) in [5.74, 6) is 1.28. The zero-order chi connectivity index (χ0) is 16.0. The molecule has 1 aliphatic carbocycles. The van der Waals surface area contributed by atoms with E-state index in [9.17, 15) is 4.79 Å². The number of benzene rings is 1. The summed E-state index contributed by atoms with van der Waals surface area (Å²) in [7, 11) is 0. The molecule has 2 heterocycles. The molecular weight excluding hydrogens is 408 g/mol. The molecule has 1 aliphatic heterocycles. The number of amides is 1. The van der Waals surface area contributed by atoms with Crippen molar-refractivity contribution in [3.63, 3.8) is 0 Å². The van der Waals surface area contributed by atoms with Gasteiger partial charge in [0.2, 0.25) is 0 Å². The molecule has 0 radical (unpaired) electrons. The molecule has 0 spiro atoms. The van der Waals surface area contributed by atoms with E-state index in [4.69, 9.17) is 5.73 Å². The number of nitrogens with two attached hydrogens (primary N) is 1. The molecule has 3 nitrogen and oxygen atoms in total. The van der Waals surface area contributed by atoms with Crippen LogP contribution in [0.2, 0.25) is 0 Å². The molecule has 4 rings (SSSR count). The minimum atomic E-state index is 0. The van der Waals surface area contributed by atoms with E-state index < -0.39 is 0 Å². The van der Waals surface area contributed by atoms with Gasteiger partial charge in [0.25, 0.3) is 5.91 Å². The zero-order valence-electron chi connectivity index (χ0n) is 13.2. The topological polar surface area (TPSA) is 46.3 Å². The Balaban J connectivity index is 0.00000169.